The Labute approximate surface area is 197 Å². The maximum atomic E-state index is 6.46. The largest absolute Gasteiger partial charge is 0.353 e. The number of fused-ring (bicyclic) bond motifs is 4. The Bertz CT molecular complexity index is 826. The highest BCUT2D eigenvalue weighted by atomic mass is 16.7. The molecule has 0 spiro atoms. The lowest BCUT2D eigenvalue weighted by Gasteiger charge is -2.60. The zero-order chi connectivity index (χ0) is 23.3. The maximum absolute atomic E-state index is 6.46. The van der Waals surface area contributed by atoms with Crippen LogP contribution in [0.3, 0.4) is 0 Å². The highest BCUT2D eigenvalue weighted by molar-refractivity contribution is 5.49. The molecule has 4 rings (SSSR count). The second-order valence-corrected chi connectivity index (χ2v) is 12.2. The van der Waals surface area contributed by atoms with Crippen molar-refractivity contribution >= 4 is 0 Å². The van der Waals surface area contributed by atoms with Gasteiger partial charge < -0.3 is 9.47 Å². The molecule has 0 bridgehead atoms. The number of terminal acetylenes is 1. The second kappa shape index (κ2) is 8.63. The van der Waals surface area contributed by atoms with Crippen LogP contribution in [0.5, 0.6) is 0 Å². The Balaban J connectivity index is 1.61. The Morgan fingerprint density at radius 2 is 1.84 bits per heavy atom. The molecule has 2 heteroatoms. The molecule has 7 atom stereocenters. The Morgan fingerprint density at radius 1 is 1.09 bits per heavy atom. The van der Waals surface area contributed by atoms with E-state index in [1.54, 1.807) is 16.7 Å². The molecule has 0 N–H and O–H groups in total. The minimum absolute atomic E-state index is 0.118. The van der Waals surface area contributed by atoms with Crippen molar-refractivity contribution in [1.82, 2.24) is 0 Å². The molecular weight excluding hydrogens is 392 g/mol. The molecule has 0 amide bonds. The molecule has 1 saturated carbocycles. The third-order valence-corrected chi connectivity index (χ3v) is 10.3. The SMILES string of the molecule is C#CC[C@@H](C)[C@H]1CC=C2C3=C(CC[C@@]21C)[C@@]1(C)CC[C@H](OC(C)OCC)C(C)(C)[C@@H]1CC3. The van der Waals surface area contributed by atoms with Gasteiger partial charge >= 0.3 is 0 Å². The Morgan fingerprint density at radius 3 is 2.53 bits per heavy atom. The van der Waals surface area contributed by atoms with Gasteiger partial charge in [0.25, 0.3) is 0 Å². The van der Waals surface area contributed by atoms with Crippen LogP contribution in [0.25, 0.3) is 0 Å². The fourth-order valence-corrected chi connectivity index (χ4v) is 8.64. The van der Waals surface area contributed by atoms with Crippen LogP contribution in [-0.4, -0.2) is 19.0 Å². The summed E-state index contributed by atoms with van der Waals surface area (Å²) in [5.41, 5.74) is 6.02. The van der Waals surface area contributed by atoms with Gasteiger partial charge in [0.15, 0.2) is 6.29 Å². The lowest BCUT2D eigenvalue weighted by Crippen LogP contribution is -2.54. The van der Waals surface area contributed by atoms with Gasteiger partial charge in [0.1, 0.15) is 0 Å². The molecule has 2 nitrogen and oxygen atoms in total. The number of allylic oxidation sites excluding steroid dienone is 4. The summed E-state index contributed by atoms with van der Waals surface area (Å²) in [4.78, 5) is 0. The average molecular weight is 439 g/mol. The number of hydrogen-bond donors (Lipinski definition) is 0. The smallest absolute Gasteiger partial charge is 0.155 e. The molecule has 0 heterocycles. The summed E-state index contributed by atoms with van der Waals surface area (Å²) in [6.07, 6.45) is 18.0. The molecule has 1 fully saturated rings. The van der Waals surface area contributed by atoms with Crippen molar-refractivity contribution < 1.29 is 9.47 Å². The first-order chi connectivity index (χ1) is 15.1. The van der Waals surface area contributed by atoms with E-state index in [1.165, 1.54) is 38.5 Å². The van der Waals surface area contributed by atoms with E-state index in [1.807, 2.05) is 6.92 Å². The molecular formula is C30H46O2. The molecule has 0 aromatic rings. The predicted molar refractivity (Wildman–Crippen MR) is 133 cm³/mol. The molecule has 32 heavy (non-hydrogen) atoms. The van der Waals surface area contributed by atoms with Crippen molar-refractivity contribution in [2.24, 2.45) is 34.0 Å². The molecule has 1 unspecified atom stereocenters. The van der Waals surface area contributed by atoms with Crippen LogP contribution in [0.2, 0.25) is 0 Å². The minimum Gasteiger partial charge on any atom is -0.353 e. The molecule has 0 radical (unpaired) electrons. The molecule has 0 aromatic carbocycles. The molecule has 0 saturated heterocycles. The Kier molecular flexibility index (Phi) is 6.50. The predicted octanol–water partition coefficient (Wildman–Crippen LogP) is 7.69. The fourth-order valence-electron chi connectivity index (χ4n) is 8.64. The quantitative estimate of drug-likeness (QED) is 0.312. The summed E-state index contributed by atoms with van der Waals surface area (Å²) in [6, 6.07) is 0. The van der Waals surface area contributed by atoms with Crippen molar-refractivity contribution in [3.63, 3.8) is 0 Å². The summed E-state index contributed by atoms with van der Waals surface area (Å²) in [7, 11) is 0. The van der Waals surface area contributed by atoms with Gasteiger partial charge in [0.2, 0.25) is 0 Å². The van der Waals surface area contributed by atoms with E-state index in [2.05, 4.69) is 53.5 Å². The molecule has 0 aromatic heterocycles. The third-order valence-electron chi connectivity index (χ3n) is 10.3. The van der Waals surface area contributed by atoms with E-state index in [-0.39, 0.29) is 17.8 Å². The van der Waals surface area contributed by atoms with Gasteiger partial charge in [-0.05, 0) is 104 Å². The summed E-state index contributed by atoms with van der Waals surface area (Å²) in [6.45, 7) is 17.2. The standard InChI is InChI=1S/C30H46O2/c1-9-11-20(3)23-13-14-24-22-12-15-26-28(5,6)27(32-21(4)31-10-2)17-19-30(26,8)25(22)16-18-29(23,24)7/h1,14,20-21,23,26-27H,10-13,15-19H2,2-8H3/t20-,21?,23-,26+,27+,29-,30-/m1/s1. The molecule has 4 aliphatic carbocycles. The monoisotopic (exact) mass is 438 g/mol. The van der Waals surface area contributed by atoms with Gasteiger partial charge in [-0.2, -0.15) is 0 Å². The van der Waals surface area contributed by atoms with Crippen molar-refractivity contribution in [2.45, 2.75) is 112 Å². The topological polar surface area (TPSA) is 18.5 Å². The zero-order valence-electron chi connectivity index (χ0n) is 21.7. The van der Waals surface area contributed by atoms with Gasteiger partial charge in [-0.3, -0.25) is 0 Å². The maximum Gasteiger partial charge on any atom is 0.155 e. The van der Waals surface area contributed by atoms with Crippen LogP contribution >= 0.6 is 0 Å². The summed E-state index contributed by atoms with van der Waals surface area (Å²) < 4.78 is 12.2. The van der Waals surface area contributed by atoms with E-state index in [0.717, 1.165) is 12.8 Å². The van der Waals surface area contributed by atoms with E-state index >= 15 is 0 Å². The van der Waals surface area contributed by atoms with E-state index in [0.29, 0.717) is 35.2 Å². The Hall–Kier alpha value is -1.04. The highest BCUT2D eigenvalue weighted by Crippen LogP contribution is 2.67. The third kappa shape index (κ3) is 3.63. The van der Waals surface area contributed by atoms with E-state index < -0.39 is 0 Å². The van der Waals surface area contributed by atoms with Crippen LogP contribution in [0.4, 0.5) is 0 Å². The molecule has 4 aliphatic rings. The average Bonchev–Trinajstić information content (AvgIpc) is 3.08. The fraction of sp³-hybridized carbons (Fsp3) is 0.800. The number of hydrogen-bond acceptors (Lipinski definition) is 2. The van der Waals surface area contributed by atoms with Gasteiger partial charge in [0.05, 0.1) is 6.10 Å². The van der Waals surface area contributed by atoms with Gasteiger partial charge in [0, 0.05) is 13.0 Å². The van der Waals surface area contributed by atoms with E-state index in [9.17, 15) is 0 Å². The second-order valence-electron chi connectivity index (χ2n) is 12.2. The molecule has 0 aliphatic heterocycles. The number of ether oxygens (including phenoxy) is 2. The van der Waals surface area contributed by atoms with Crippen LogP contribution in [0.1, 0.15) is 99.8 Å². The van der Waals surface area contributed by atoms with Crippen molar-refractivity contribution in [1.29, 1.82) is 0 Å². The van der Waals surface area contributed by atoms with Crippen LogP contribution < -0.4 is 0 Å². The summed E-state index contributed by atoms with van der Waals surface area (Å²) >= 11 is 0. The summed E-state index contributed by atoms with van der Waals surface area (Å²) in [5.74, 6) is 4.91. The van der Waals surface area contributed by atoms with Crippen molar-refractivity contribution in [3.8, 4) is 12.3 Å². The van der Waals surface area contributed by atoms with Crippen LogP contribution in [0, 0.1) is 46.3 Å². The summed E-state index contributed by atoms with van der Waals surface area (Å²) in [5, 5.41) is 0. The highest BCUT2D eigenvalue weighted by Gasteiger charge is 2.58. The molecule has 178 valence electrons. The van der Waals surface area contributed by atoms with Crippen LogP contribution in [-0.2, 0) is 9.47 Å². The van der Waals surface area contributed by atoms with Crippen molar-refractivity contribution in [3.05, 3.63) is 22.8 Å². The number of rotatable bonds is 6. The van der Waals surface area contributed by atoms with Crippen molar-refractivity contribution in [2.75, 3.05) is 6.61 Å². The zero-order valence-corrected chi connectivity index (χ0v) is 21.7. The van der Waals surface area contributed by atoms with Gasteiger partial charge in [-0.15, -0.1) is 12.3 Å². The lowest BCUT2D eigenvalue weighted by molar-refractivity contribution is -0.214. The van der Waals surface area contributed by atoms with Gasteiger partial charge in [-0.1, -0.05) is 46.3 Å². The first-order valence-electron chi connectivity index (χ1n) is 13.2. The lowest BCUT2D eigenvalue weighted by atomic mass is 9.46. The van der Waals surface area contributed by atoms with E-state index in [4.69, 9.17) is 15.9 Å². The minimum atomic E-state index is -0.118. The normalized spacial score (nSPS) is 39.9. The van der Waals surface area contributed by atoms with Gasteiger partial charge in [-0.25, -0.2) is 0 Å². The first kappa shape index (κ1) is 24.1. The van der Waals surface area contributed by atoms with Crippen LogP contribution in [0.15, 0.2) is 22.8 Å². The first-order valence-corrected chi connectivity index (χ1v) is 13.2.